The molecule has 1 amide bonds. The normalized spacial score (nSPS) is 10.8. The van der Waals surface area contributed by atoms with Gasteiger partial charge in [-0.05, 0) is 40.5 Å². The van der Waals surface area contributed by atoms with Crippen LogP contribution in [0.25, 0.3) is 0 Å². The van der Waals surface area contributed by atoms with E-state index in [4.69, 9.17) is 5.73 Å². The number of hydrogen-bond donors (Lipinski definition) is 3. The molecule has 100 valence electrons. The molecule has 0 unspecified atom stereocenters. The van der Waals surface area contributed by atoms with Crippen molar-refractivity contribution in [3.8, 4) is 0 Å². The number of halogens is 1. The predicted molar refractivity (Wildman–Crippen MR) is 71.4 cm³/mol. The van der Waals surface area contributed by atoms with E-state index in [0.29, 0.717) is 10.2 Å². The molecule has 0 aromatic heterocycles. The molecule has 0 spiro atoms. The fraction of sp³-hybridized carbons (Fsp3) is 0.222. The molecule has 0 saturated carbocycles. The average molecular weight is 338 g/mol. The van der Waals surface area contributed by atoms with Crippen molar-refractivity contribution in [2.75, 3.05) is 17.6 Å². The van der Waals surface area contributed by atoms with Crippen molar-refractivity contribution in [1.82, 2.24) is 4.72 Å². The van der Waals surface area contributed by atoms with Crippen LogP contribution in [0, 0.1) is 6.92 Å². The molecule has 0 saturated heterocycles. The van der Waals surface area contributed by atoms with E-state index in [1.165, 1.54) is 6.07 Å². The van der Waals surface area contributed by atoms with Crippen LogP contribution in [0.3, 0.4) is 0 Å². The molecule has 0 aliphatic carbocycles. The Morgan fingerprint density at radius 1 is 1.44 bits per heavy atom. The van der Waals surface area contributed by atoms with Crippen molar-refractivity contribution in [3.05, 3.63) is 22.2 Å². The zero-order chi connectivity index (χ0) is 13.9. The maximum absolute atomic E-state index is 11.5. The molecule has 0 heterocycles. The van der Waals surface area contributed by atoms with Crippen LogP contribution in [0.1, 0.15) is 5.56 Å². The Morgan fingerprint density at radius 2 is 2.06 bits per heavy atom. The van der Waals surface area contributed by atoms with Gasteiger partial charge in [-0.2, -0.15) is 8.42 Å². The van der Waals surface area contributed by atoms with Crippen molar-refractivity contribution in [3.63, 3.8) is 0 Å². The first-order chi connectivity index (χ1) is 8.25. The summed E-state index contributed by atoms with van der Waals surface area (Å²) >= 11 is 3.19. The predicted octanol–water partition coefficient (Wildman–Crippen LogP) is 1.35. The Labute approximate surface area is 113 Å². The molecule has 0 atom stereocenters. The molecule has 7 nitrogen and oxygen atoms in total. The monoisotopic (exact) mass is 337 g/mol. The van der Waals surface area contributed by atoms with Gasteiger partial charge in [-0.15, -0.1) is 0 Å². The quantitative estimate of drug-likeness (QED) is 0.721. The van der Waals surface area contributed by atoms with Crippen molar-refractivity contribution < 1.29 is 17.9 Å². The van der Waals surface area contributed by atoms with Crippen molar-refractivity contribution in [1.29, 1.82) is 0 Å². The average Bonchev–Trinajstić information content (AvgIpc) is 2.24. The van der Waals surface area contributed by atoms with Crippen molar-refractivity contribution in [2.45, 2.75) is 6.92 Å². The van der Waals surface area contributed by atoms with Gasteiger partial charge in [0.25, 0.3) is 0 Å². The number of anilines is 2. The van der Waals surface area contributed by atoms with E-state index in [9.17, 15) is 13.2 Å². The summed E-state index contributed by atoms with van der Waals surface area (Å²) in [7, 11) is -3.00. The van der Waals surface area contributed by atoms with Gasteiger partial charge in [-0.25, -0.2) is 9.52 Å². The van der Waals surface area contributed by atoms with Crippen LogP contribution in [-0.2, 0) is 14.9 Å². The SMILES string of the molecule is COC(=O)NS(=O)(=O)Nc1cc(N)c(C)cc1Br. The molecule has 0 aliphatic rings. The van der Waals surface area contributed by atoms with Crippen LogP contribution in [-0.4, -0.2) is 21.6 Å². The fourth-order valence-corrected chi connectivity index (χ4v) is 2.59. The molecule has 1 aromatic carbocycles. The van der Waals surface area contributed by atoms with E-state index in [0.717, 1.165) is 12.7 Å². The second kappa shape index (κ2) is 5.44. The largest absolute Gasteiger partial charge is 0.452 e. The number of methoxy groups -OCH3 is 1. The van der Waals surface area contributed by atoms with E-state index in [1.54, 1.807) is 17.7 Å². The Kier molecular flexibility index (Phi) is 4.41. The lowest BCUT2D eigenvalue weighted by atomic mass is 10.2. The van der Waals surface area contributed by atoms with Crippen LogP contribution in [0.15, 0.2) is 16.6 Å². The number of amides is 1. The zero-order valence-electron chi connectivity index (χ0n) is 9.65. The summed E-state index contributed by atoms with van der Waals surface area (Å²) in [6, 6.07) is 3.10. The number of nitrogen functional groups attached to an aromatic ring is 1. The minimum atomic E-state index is -4.06. The first kappa shape index (κ1) is 14.6. The number of carbonyl (C=O) groups is 1. The second-order valence-corrected chi connectivity index (χ2v) is 5.66. The summed E-state index contributed by atoms with van der Waals surface area (Å²) in [4.78, 5) is 10.8. The van der Waals surface area contributed by atoms with E-state index in [-0.39, 0.29) is 5.69 Å². The molecule has 0 bridgehead atoms. The van der Waals surface area contributed by atoms with Gasteiger partial charge in [0.15, 0.2) is 0 Å². The lowest BCUT2D eigenvalue weighted by molar-refractivity contribution is 0.177. The smallest absolute Gasteiger partial charge is 0.422 e. The highest BCUT2D eigenvalue weighted by Crippen LogP contribution is 2.28. The third kappa shape index (κ3) is 3.77. The topological polar surface area (TPSA) is 111 Å². The summed E-state index contributed by atoms with van der Waals surface area (Å²) in [5, 5.41) is 0. The first-order valence-corrected chi connectivity index (χ1v) is 6.97. The molecule has 18 heavy (non-hydrogen) atoms. The fourth-order valence-electron chi connectivity index (χ4n) is 1.09. The number of benzene rings is 1. The summed E-state index contributed by atoms with van der Waals surface area (Å²) in [5.41, 5.74) is 7.11. The lowest BCUT2D eigenvalue weighted by Crippen LogP contribution is -2.35. The zero-order valence-corrected chi connectivity index (χ0v) is 12.1. The minimum Gasteiger partial charge on any atom is -0.452 e. The first-order valence-electron chi connectivity index (χ1n) is 4.69. The molecule has 1 aromatic rings. The van der Waals surface area contributed by atoms with Gasteiger partial charge < -0.3 is 10.5 Å². The molecule has 0 radical (unpaired) electrons. The van der Waals surface area contributed by atoms with Crippen molar-refractivity contribution in [2.24, 2.45) is 0 Å². The highest BCUT2D eigenvalue weighted by atomic mass is 79.9. The van der Waals surface area contributed by atoms with Crippen LogP contribution < -0.4 is 15.2 Å². The van der Waals surface area contributed by atoms with Crippen LogP contribution >= 0.6 is 15.9 Å². The van der Waals surface area contributed by atoms with Gasteiger partial charge in [0, 0.05) is 10.2 Å². The van der Waals surface area contributed by atoms with E-state index >= 15 is 0 Å². The summed E-state index contributed by atoms with van der Waals surface area (Å²) in [5.74, 6) is 0. The van der Waals surface area contributed by atoms with Crippen LogP contribution in [0.4, 0.5) is 16.2 Å². The highest BCUT2D eigenvalue weighted by molar-refractivity contribution is 9.10. The Bertz CT molecular complexity index is 573. The number of ether oxygens (including phenoxy) is 1. The summed E-state index contributed by atoms with van der Waals surface area (Å²) in [6.07, 6.45) is -1.08. The summed E-state index contributed by atoms with van der Waals surface area (Å²) in [6.45, 7) is 1.78. The molecule has 1 rings (SSSR count). The third-order valence-corrected chi connectivity index (χ3v) is 3.58. The van der Waals surface area contributed by atoms with Gasteiger partial charge in [0.1, 0.15) is 0 Å². The minimum absolute atomic E-state index is 0.217. The molecular formula is C9H12BrN3O4S. The standard InChI is InChI=1S/C9H12BrN3O4S/c1-5-3-6(10)8(4-7(5)11)12-18(15,16)13-9(14)17-2/h3-4,12H,11H2,1-2H3,(H,13,14). The highest BCUT2D eigenvalue weighted by Gasteiger charge is 2.16. The second-order valence-electron chi connectivity index (χ2n) is 3.39. The maximum atomic E-state index is 11.5. The number of carbonyl (C=O) groups excluding carboxylic acids is 1. The molecular weight excluding hydrogens is 326 g/mol. The Balaban J connectivity index is 2.98. The molecule has 4 N–H and O–H groups in total. The number of nitrogens with two attached hydrogens (primary N) is 1. The summed E-state index contributed by atoms with van der Waals surface area (Å²) < 4.78 is 31.6. The van der Waals surface area contributed by atoms with Crippen LogP contribution in [0.2, 0.25) is 0 Å². The van der Waals surface area contributed by atoms with Gasteiger partial charge in [0.05, 0.1) is 12.8 Å². The maximum Gasteiger partial charge on any atom is 0.422 e. The number of nitrogens with one attached hydrogen (secondary N) is 2. The van der Waals surface area contributed by atoms with Gasteiger partial charge in [-0.1, -0.05) is 0 Å². The van der Waals surface area contributed by atoms with E-state index in [1.807, 2.05) is 0 Å². The van der Waals surface area contributed by atoms with Crippen molar-refractivity contribution >= 4 is 43.6 Å². The van der Waals surface area contributed by atoms with Crippen LogP contribution in [0.5, 0.6) is 0 Å². The van der Waals surface area contributed by atoms with Gasteiger partial charge in [0.2, 0.25) is 0 Å². The van der Waals surface area contributed by atoms with Gasteiger partial charge >= 0.3 is 16.3 Å². The molecule has 0 fully saturated rings. The third-order valence-electron chi connectivity index (χ3n) is 2.00. The van der Waals surface area contributed by atoms with Gasteiger partial charge in [-0.3, -0.25) is 4.72 Å². The number of rotatable bonds is 3. The van der Waals surface area contributed by atoms with E-state index in [2.05, 4.69) is 25.4 Å². The molecule has 0 aliphatic heterocycles. The number of hydrogen-bond acceptors (Lipinski definition) is 5. The lowest BCUT2D eigenvalue weighted by Gasteiger charge is -2.11. The Morgan fingerprint density at radius 3 is 2.61 bits per heavy atom. The molecule has 9 heteroatoms. The van der Waals surface area contributed by atoms with E-state index < -0.39 is 16.3 Å². The number of aryl methyl sites for hydroxylation is 1. The Hall–Kier alpha value is -1.48.